The second-order valence-electron chi connectivity index (χ2n) is 10.8. The van der Waals surface area contributed by atoms with Gasteiger partial charge in [-0.3, -0.25) is 9.88 Å². The molecule has 0 saturated heterocycles. The van der Waals surface area contributed by atoms with Gasteiger partial charge in [-0.25, -0.2) is 9.78 Å². The first-order valence-corrected chi connectivity index (χ1v) is 12.8. The lowest BCUT2D eigenvalue weighted by molar-refractivity contribution is -0.458. The van der Waals surface area contributed by atoms with Gasteiger partial charge in [-0.05, 0) is 69.7 Å². The van der Waals surface area contributed by atoms with Gasteiger partial charge in [-0.1, -0.05) is 6.07 Å². The summed E-state index contributed by atoms with van der Waals surface area (Å²) in [6.45, 7) is 11.8. The molecule has 3 heterocycles. The van der Waals surface area contributed by atoms with Crippen LogP contribution in [-0.2, 0) is 9.47 Å². The average Bonchev–Trinajstić information content (AvgIpc) is 3.68. The molecule has 2 aromatic rings. The molecule has 1 aliphatic carbocycles. The van der Waals surface area contributed by atoms with Gasteiger partial charge in [0.2, 0.25) is 0 Å². The van der Waals surface area contributed by atoms with Crippen molar-refractivity contribution in [3.05, 3.63) is 53.1 Å². The summed E-state index contributed by atoms with van der Waals surface area (Å²) in [6.07, 6.45) is 5.25. The molecule has 4 rings (SSSR count). The van der Waals surface area contributed by atoms with Crippen LogP contribution in [0.5, 0.6) is 5.75 Å². The van der Waals surface area contributed by atoms with Crippen molar-refractivity contribution in [2.45, 2.75) is 65.1 Å². The maximum atomic E-state index is 12.6. The van der Waals surface area contributed by atoms with Crippen LogP contribution in [0.1, 0.15) is 79.9 Å². The zero-order valence-electron chi connectivity index (χ0n) is 22.6. The van der Waals surface area contributed by atoms with Crippen LogP contribution in [0.15, 0.2) is 30.6 Å². The van der Waals surface area contributed by atoms with E-state index >= 15 is 0 Å². The van der Waals surface area contributed by atoms with Crippen LogP contribution in [0, 0.1) is 6.92 Å². The highest BCUT2D eigenvalue weighted by Crippen LogP contribution is 2.39. The smallest absolute Gasteiger partial charge is 0.481 e. The normalized spacial score (nSPS) is 17.4. The van der Waals surface area contributed by atoms with Gasteiger partial charge in [0.05, 0.1) is 32.1 Å². The molecule has 1 saturated carbocycles. The van der Waals surface area contributed by atoms with Crippen molar-refractivity contribution in [2.75, 3.05) is 33.3 Å². The van der Waals surface area contributed by atoms with Crippen molar-refractivity contribution in [3.8, 4) is 5.75 Å². The molecular formula is C28H37N4O5+. The average molecular weight is 510 g/mol. The van der Waals surface area contributed by atoms with Crippen molar-refractivity contribution < 1.29 is 28.4 Å². The number of aromatic nitrogens is 2. The highest BCUT2D eigenvalue weighted by atomic mass is 16.6. The van der Waals surface area contributed by atoms with Crippen molar-refractivity contribution in [1.82, 2.24) is 14.9 Å². The molecular weight excluding hydrogens is 472 g/mol. The van der Waals surface area contributed by atoms with Crippen molar-refractivity contribution in [2.24, 2.45) is 0 Å². The second-order valence-corrected chi connectivity index (χ2v) is 10.8. The van der Waals surface area contributed by atoms with E-state index in [2.05, 4.69) is 16.0 Å². The number of aryl methyl sites for hydroxylation is 1. The summed E-state index contributed by atoms with van der Waals surface area (Å²) < 4.78 is 18.5. The Kier molecular flexibility index (Phi) is 7.92. The Bertz CT molecular complexity index is 1180. The number of pyridine rings is 2. The molecule has 9 heteroatoms. The van der Waals surface area contributed by atoms with E-state index in [0.717, 1.165) is 11.4 Å². The van der Waals surface area contributed by atoms with Gasteiger partial charge >= 0.3 is 12.1 Å². The fourth-order valence-corrected chi connectivity index (χ4v) is 4.42. The number of rotatable bonds is 7. The molecule has 0 radical (unpaired) electrons. The molecule has 2 aliphatic rings. The van der Waals surface area contributed by atoms with Crippen LogP contribution >= 0.6 is 0 Å². The Morgan fingerprint density at radius 1 is 1.16 bits per heavy atom. The number of carbonyl (C=O) groups is 2. The maximum Gasteiger partial charge on any atom is 0.596 e. The van der Waals surface area contributed by atoms with Gasteiger partial charge in [-0.15, -0.1) is 4.58 Å². The van der Waals surface area contributed by atoms with Crippen molar-refractivity contribution >= 4 is 17.8 Å². The van der Waals surface area contributed by atoms with E-state index in [1.54, 1.807) is 23.8 Å². The quantitative estimate of drug-likeness (QED) is 0.403. The monoisotopic (exact) mass is 509 g/mol. The zero-order chi connectivity index (χ0) is 26.7. The molecule has 1 atom stereocenters. The van der Waals surface area contributed by atoms with E-state index in [4.69, 9.17) is 19.2 Å². The molecule has 198 valence electrons. The molecule has 2 aromatic heterocycles. The number of hydrogen-bond donors (Lipinski definition) is 0. The second kappa shape index (κ2) is 11.0. The number of methoxy groups -OCH3 is 1. The van der Waals surface area contributed by atoms with E-state index in [1.165, 1.54) is 25.5 Å². The fourth-order valence-electron chi connectivity index (χ4n) is 4.42. The molecule has 0 spiro atoms. The Hall–Kier alpha value is -3.33. The Labute approximate surface area is 218 Å². The molecule has 37 heavy (non-hydrogen) atoms. The standard InChI is InChI=1S/C28H37N4O5/c1-18-13-22(15-30-25(18)26(33)35-6)36-24(23-10-9-21(14-29-23)20-7-8-20)17-31-11-12-32(19(2)16-31)27(34)37-28(3,4)5/h9-10,13-15,20,24H,7-8,11-12,16-17H2,1-6H3/q+1. The fraction of sp³-hybridized carbons (Fsp3) is 0.536. The molecule has 1 amide bonds. The summed E-state index contributed by atoms with van der Waals surface area (Å²) in [4.78, 5) is 35.8. The van der Waals surface area contributed by atoms with E-state index in [9.17, 15) is 9.59 Å². The molecule has 0 bridgehead atoms. The van der Waals surface area contributed by atoms with E-state index in [0.29, 0.717) is 43.4 Å². The first kappa shape index (κ1) is 26.7. The molecule has 0 aromatic carbocycles. The van der Waals surface area contributed by atoms with Gasteiger partial charge in [0.1, 0.15) is 11.4 Å². The minimum Gasteiger partial charge on any atom is -0.481 e. The Morgan fingerprint density at radius 3 is 2.49 bits per heavy atom. The number of amides is 1. The lowest BCUT2D eigenvalue weighted by Crippen LogP contribution is -2.48. The number of nitrogens with zero attached hydrogens (tertiary/aromatic N) is 4. The van der Waals surface area contributed by atoms with Crippen LogP contribution < -0.4 is 4.74 Å². The summed E-state index contributed by atoms with van der Waals surface area (Å²) in [5, 5.41) is 0. The van der Waals surface area contributed by atoms with Gasteiger partial charge < -0.3 is 14.2 Å². The van der Waals surface area contributed by atoms with Crippen LogP contribution in [0.4, 0.5) is 4.79 Å². The van der Waals surface area contributed by atoms with Crippen molar-refractivity contribution in [1.29, 1.82) is 0 Å². The molecule has 1 fully saturated rings. The van der Waals surface area contributed by atoms with E-state index in [1.807, 2.05) is 40.0 Å². The zero-order valence-corrected chi connectivity index (χ0v) is 22.6. The third-order valence-electron chi connectivity index (χ3n) is 6.49. The maximum absolute atomic E-state index is 12.6. The Morgan fingerprint density at radius 2 is 1.92 bits per heavy atom. The third-order valence-corrected chi connectivity index (χ3v) is 6.49. The van der Waals surface area contributed by atoms with Crippen LogP contribution in [0.2, 0.25) is 0 Å². The van der Waals surface area contributed by atoms with Crippen LogP contribution in [-0.4, -0.2) is 76.1 Å². The minimum atomic E-state index is -0.540. The number of hydrogen-bond acceptors (Lipinski definition) is 8. The Balaban J connectivity index is 1.53. The highest BCUT2D eigenvalue weighted by molar-refractivity contribution is 5.88. The SMILES string of the molecule is COC(=O)c1ncc(OC(CN2CC[N+](C(=O)OC(C)(C)C)=C(C)C2)c2ccc(C3CC3)cn2)cc1C. The van der Waals surface area contributed by atoms with Crippen LogP contribution in [0.3, 0.4) is 0 Å². The molecule has 1 aliphatic heterocycles. The number of esters is 1. The topological polar surface area (TPSA) is 93.9 Å². The van der Waals surface area contributed by atoms with Gasteiger partial charge in [0, 0.05) is 19.7 Å². The third kappa shape index (κ3) is 6.91. The van der Waals surface area contributed by atoms with Gasteiger partial charge in [0.25, 0.3) is 0 Å². The molecule has 1 unspecified atom stereocenters. The van der Waals surface area contributed by atoms with E-state index < -0.39 is 11.6 Å². The summed E-state index contributed by atoms with van der Waals surface area (Å²) in [5.74, 6) is 0.694. The lowest BCUT2D eigenvalue weighted by atomic mass is 10.1. The van der Waals surface area contributed by atoms with Crippen LogP contribution in [0.25, 0.3) is 0 Å². The largest absolute Gasteiger partial charge is 0.596 e. The first-order valence-electron chi connectivity index (χ1n) is 12.8. The number of carbonyl (C=O) groups excluding carboxylic acids is 2. The summed E-state index contributed by atoms with van der Waals surface area (Å²) >= 11 is 0. The molecule has 9 nitrogen and oxygen atoms in total. The van der Waals surface area contributed by atoms with Gasteiger partial charge in [0.15, 0.2) is 24.1 Å². The summed E-state index contributed by atoms with van der Waals surface area (Å²) in [5.41, 5.74) is 3.42. The lowest BCUT2D eigenvalue weighted by Gasteiger charge is -2.29. The molecule has 0 N–H and O–H groups in total. The number of ether oxygens (including phenoxy) is 3. The highest BCUT2D eigenvalue weighted by Gasteiger charge is 2.34. The first-order chi connectivity index (χ1) is 17.5. The summed E-state index contributed by atoms with van der Waals surface area (Å²) in [6, 6.07) is 5.97. The minimum absolute atomic E-state index is 0.266. The predicted molar refractivity (Wildman–Crippen MR) is 138 cm³/mol. The van der Waals surface area contributed by atoms with Crippen molar-refractivity contribution in [3.63, 3.8) is 0 Å². The predicted octanol–water partition coefficient (Wildman–Crippen LogP) is 4.29. The summed E-state index contributed by atoms with van der Waals surface area (Å²) in [7, 11) is 1.34. The van der Waals surface area contributed by atoms with E-state index in [-0.39, 0.29) is 17.9 Å². The van der Waals surface area contributed by atoms with Gasteiger partial charge in [-0.2, -0.15) is 4.79 Å².